The number of aliphatic carboxylic acids is 1. The van der Waals surface area contributed by atoms with Crippen molar-refractivity contribution >= 4 is 40.2 Å². The van der Waals surface area contributed by atoms with E-state index in [0.29, 0.717) is 0 Å². The van der Waals surface area contributed by atoms with Crippen LogP contribution in [0.5, 0.6) is 0 Å². The van der Waals surface area contributed by atoms with Crippen LogP contribution in [0.25, 0.3) is 0 Å². The maximum atomic E-state index is 11.0. The van der Waals surface area contributed by atoms with Gasteiger partial charge in [0.2, 0.25) is 0 Å². The zero-order chi connectivity index (χ0) is 13.8. The number of nitrogens with one attached hydrogen (secondary N) is 1. The number of carboxylic acids is 1. The van der Waals surface area contributed by atoms with Crippen molar-refractivity contribution < 1.29 is 9.90 Å². The number of hydrogen-bond acceptors (Lipinski definition) is 4. The summed E-state index contributed by atoms with van der Waals surface area (Å²) in [7, 11) is 0. The molecule has 0 fully saturated rings. The van der Waals surface area contributed by atoms with Gasteiger partial charge in [0.05, 0.1) is 16.8 Å². The second-order valence-electron chi connectivity index (χ2n) is 4.24. The molecule has 0 aromatic carbocycles. The Morgan fingerprint density at radius 2 is 2.32 bits per heavy atom. The van der Waals surface area contributed by atoms with Crippen LogP contribution in [0, 0.1) is 0 Å². The molecule has 2 aromatic rings. The first-order valence-electron chi connectivity index (χ1n) is 5.81. The van der Waals surface area contributed by atoms with Crippen molar-refractivity contribution in [3.8, 4) is 0 Å². The van der Waals surface area contributed by atoms with Gasteiger partial charge in [-0.25, -0.2) is 0 Å². The summed E-state index contributed by atoms with van der Waals surface area (Å²) in [6.45, 7) is 2.01. The quantitative estimate of drug-likeness (QED) is 0.834. The molecule has 2 heterocycles. The van der Waals surface area contributed by atoms with Gasteiger partial charge in [0.15, 0.2) is 0 Å². The molecular formula is C13H14ClNO2S2. The minimum Gasteiger partial charge on any atom is -0.481 e. The first-order chi connectivity index (χ1) is 9.06. The highest BCUT2D eigenvalue weighted by Gasteiger charge is 2.19. The molecule has 0 aliphatic rings. The summed E-state index contributed by atoms with van der Waals surface area (Å²) in [5, 5.41) is 16.3. The lowest BCUT2D eigenvalue weighted by atomic mass is 10.1. The molecule has 2 N–H and O–H groups in total. The van der Waals surface area contributed by atoms with Crippen LogP contribution in [0.1, 0.15) is 35.9 Å². The smallest absolute Gasteiger partial charge is 0.305 e. The highest BCUT2D eigenvalue weighted by Crippen LogP contribution is 2.29. The van der Waals surface area contributed by atoms with Crippen LogP contribution < -0.4 is 5.32 Å². The Kier molecular flexibility index (Phi) is 4.99. The van der Waals surface area contributed by atoms with Crippen LogP contribution >= 0.6 is 34.3 Å². The van der Waals surface area contributed by atoms with Crippen LogP contribution in [-0.4, -0.2) is 11.1 Å². The lowest BCUT2D eigenvalue weighted by Gasteiger charge is -2.20. The van der Waals surface area contributed by atoms with E-state index >= 15 is 0 Å². The van der Waals surface area contributed by atoms with Crippen LogP contribution in [-0.2, 0) is 4.79 Å². The lowest BCUT2D eigenvalue weighted by Crippen LogP contribution is -2.25. The molecule has 102 valence electrons. The molecule has 0 spiro atoms. The summed E-state index contributed by atoms with van der Waals surface area (Å²) in [5.41, 5.74) is 1.09. The third-order valence-corrected chi connectivity index (χ3v) is 4.90. The van der Waals surface area contributed by atoms with Gasteiger partial charge < -0.3 is 10.4 Å². The van der Waals surface area contributed by atoms with Gasteiger partial charge >= 0.3 is 5.97 Å². The fourth-order valence-electron chi connectivity index (χ4n) is 1.85. The van der Waals surface area contributed by atoms with E-state index in [-0.39, 0.29) is 18.5 Å². The van der Waals surface area contributed by atoms with Gasteiger partial charge in [-0.05, 0) is 35.4 Å². The minimum atomic E-state index is -0.804. The molecule has 0 aliphatic heterocycles. The van der Waals surface area contributed by atoms with Gasteiger partial charge in [-0.15, -0.1) is 22.7 Å². The molecule has 2 unspecified atom stereocenters. The number of rotatable bonds is 6. The van der Waals surface area contributed by atoms with Gasteiger partial charge in [-0.3, -0.25) is 4.79 Å². The van der Waals surface area contributed by atoms with E-state index < -0.39 is 5.97 Å². The Bertz CT molecular complexity index is 539. The number of carbonyl (C=O) groups is 1. The molecule has 0 bridgehead atoms. The van der Waals surface area contributed by atoms with Crippen LogP contribution in [0.15, 0.2) is 29.0 Å². The standard InChI is InChI=1S/C13H14ClNO2S2/c1-8(9-5-12(14)19-7-9)15-10(6-13(16)17)11-3-2-4-18-11/h2-5,7-8,10,15H,6H2,1H3,(H,16,17). The van der Waals surface area contributed by atoms with Crippen molar-refractivity contribution in [1.29, 1.82) is 0 Å². The predicted molar refractivity (Wildman–Crippen MR) is 80.2 cm³/mol. The first kappa shape index (κ1) is 14.5. The third-order valence-electron chi connectivity index (χ3n) is 2.80. The van der Waals surface area contributed by atoms with E-state index in [1.165, 1.54) is 11.3 Å². The molecule has 0 saturated heterocycles. The van der Waals surface area contributed by atoms with Crippen molar-refractivity contribution in [2.45, 2.75) is 25.4 Å². The Hall–Kier alpha value is -0.880. The van der Waals surface area contributed by atoms with Crippen molar-refractivity contribution in [2.24, 2.45) is 0 Å². The highest BCUT2D eigenvalue weighted by molar-refractivity contribution is 7.14. The summed E-state index contributed by atoms with van der Waals surface area (Å²) in [6.07, 6.45) is 0.0721. The molecule has 19 heavy (non-hydrogen) atoms. The summed E-state index contributed by atoms with van der Waals surface area (Å²) < 4.78 is 0.745. The van der Waals surface area contributed by atoms with Gasteiger partial charge in [0.25, 0.3) is 0 Å². The Balaban J connectivity index is 2.09. The first-order valence-corrected chi connectivity index (χ1v) is 7.95. The third kappa shape index (κ3) is 4.04. The summed E-state index contributed by atoms with van der Waals surface area (Å²) >= 11 is 8.97. The van der Waals surface area contributed by atoms with E-state index in [4.69, 9.17) is 16.7 Å². The molecule has 0 aliphatic carbocycles. The molecule has 0 radical (unpaired) electrons. The van der Waals surface area contributed by atoms with Crippen molar-refractivity contribution in [2.75, 3.05) is 0 Å². The second kappa shape index (κ2) is 6.52. The van der Waals surface area contributed by atoms with Crippen molar-refractivity contribution in [3.63, 3.8) is 0 Å². The Labute approximate surface area is 124 Å². The van der Waals surface area contributed by atoms with Crippen LogP contribution in [0.2, 0.25) is 4.34 Å². The molecule has 0 saturated carbocycles. The number of carboxylic acid groups (broad SMARTS) is 1. The maximum absolute atomic E-state index is 11.0. The fraction of sp³-hybridized carbons (Fsp3) is 0.308. The predicted octanol–water partition coefficient (Wildman–Crippen LogP) is 4.33. The molecule has 2 rings (SSSR count). The maximum Gasteiger partial charge on any atom is 0.305 e. The largest absolute Gasteiger partial charge is 0.481 e. The van der Waals surface area contributed by atoms with Crippen molar-refractivity contribution in [3.05, 3.63) is 43.7 Å². The zero-order valence-electron chi connectivity index (χ0n) is 10.3. The van der Waals surface area contributed by atoms with E-state index in [9.17, 15) is 4.79 Å². The molecule has 6 heteroatoms. The van der Waals surface area contributed by atoms with Gasteiger partial charge in [0.1, 0.15) is 0 Å². The average Bonchev–Trinajstić information content (AvgIpc) is 2.97. The minimum absolute atomic E-state index is 0.0650. The highest BCUT2D eigenvalue weighted by atomic mass is 35.5. The molecule has 2 aromatic heterocycles. The topological polar surface area (TPSA) is 49.3 Å². The molecule has 3 nitrogen and oxygen atoms in total. The van der Waals surface area contributed by atoms with Crippen LogP contribution in [0.3, 0.4) is 0 Å². The Morgan fingerprint density at radius 3 is 2.84 bits per heavy atom. The summed E-state index contributed by atoms with van der Waals surface area (Å²) in [5.74, 6) is -0.804. The molecule has 0 amide bonds. The van der Waals surface area contributed by atoms with Gasteiger partial charge in [-0.2, -0.15) is 0 Å². The van der Waals surface area contributed by atoms with Gasteiger partial charge in [-0.1, -0.05) is 17.7 Å². The summed E-state index contributed by atoms with van der Waals surface area (Å²) in [6, 6.07) is 5.69. The lowest BCUT2D eigenvalue weighted by molar-refractivity contribution is -0.137. The SMILES string of the molecule is CC(NC(CC(=O)O)c1cccs1)c1csc(Cl)c1. The van der Waals surface area contributed by atoms with Gasteiger partial charge in [0, 0.05) is 10.9 Å². The second-order valence-corrected chi connectivity index (χ2v) is 6.76. The fourth-order valence-corrected chi connectivity index (χ4v) is 3.63. The van der Waals surface area contributed by atoms with E-state index in [1.807, 2.05) is 35.9 Å². The molecular weight excluding hydrogens is 302 g/mol. The monoisotopic (exact) mass is 315 g/mol. The van der Waals surface area contributed by atoms with Crippen molar-refractivity contribution in [1.82, 2.24) is 5.32 Å². The van der Waals surface area contributed by atoms with E-state index in [2.05, 4.69) is 5.32 Å². The number of halogens is 1. The molecule has 2 atom stereocenters. The Morgan fingerprint density at radius 1 is 1.53 bits per heavy atom. The van der Waals surface area contributed by atoms with E-state index in [0.717, 1.165) is 14.8 Å². The number of thiophene rings is 2. The summed E-state index contributed by atoms with van der Waals surface area (Å²) in [4.78, 5) is 12.0. The van der Waals surface area contributed by atoms with Crippen LogP contribution in [0.4, 0.5) is 0 Å². The zero-order valence-corrected chi connectivity index (χ0v) is 12.7. The number of hydrogen-bond donors (Lipinski definition) is 2. The van der Waals surface area contributed by atoms with E-state index in [1.54, 1.807) is 11.3 Å². The normalized spacial score (nSPS) is 14.2. The average molecular weight is 316 g/mol.